The van der Waals surface area contributed by atoms with E-state index in [-0.39, 0.29) is 26.2 Å². The van der Waals surface area contributed by atoms with Crippen molar-refractivity contribution >= 4 is 0 Å². The van der Waals surface area contributed by atoms with Crippen LogP contribution in [0.2, 0.25) is 0 Å². The summed E-state index contributed by atoms with van der Waals surface area (Å²) in [6.45, 7) is 25.5. The first kappa shape index (κ1) is 29.2. The summed E-state index contributed by atoms with van der Waals surface area (Å²) in [6.07, 6.45) is 0. The van der Waals surface area contributed by atoms with Gasteiger partial charge < -0.3 is 27.7 Å². The van der Waals surface area contributed by atoms with Crippen molar-refractivity contribution in [3.05, 3.63) is 27.7 Å². The predicted molar refractivity (Wildman–Crippen MR) is 62.5 cm³/mol. The summed E-state index contributed by atoms with van der Waals surface area (Å²) >= 11 is 0. The van der Waals surface area contributed by atoms with Gasteiger partial charge in [0.25, 0.3) is 0 Å². The fraction of sp³-hybridized carbons (Fsp3) is 0.667. The molecule has 0 aromatic rings. The monoisotopic (exact) mass is 262 g/mol. The molecule has 0 aliphatic rings. The summed E-state index contributed by atoms with van der Waals surface area (Å²) in [5.74, 6) is 1.17. The van der Waals surface area contributed by atoms with Gasteiger partial charge in [0, 0.05) is 0 Å². The molecular weight excluding hydrogens is 235 g/mol. The minimum atomic E-state index is 0. The minimum absolute atomic E-state index is 0. The standard InChI is InChI=1S/2C4H9.2C2H5.Zr/c2*1-4(2)3;2*1-2;/h2*4H,1H2,2-3H3;2*1H2,2H3;/q4*-1;+4. The van der Waals surface area contributed by atoms with Crippen LogP contribution in [-0.2, 0) is 26.2 Å². The molecule has 0 amide bonds. The van der Waals surface area contributed by atoms with Crippen LogP contribution in [0.5, 0.6) is 0 Å². The Morgan fingerprint density at radius 3 is 0.615 bits per heavy atom. The largest absolute Gasteiger partial charge is 4.00 e. The van der Waals surface area contributed by atoms with Gasteiger partial charge in [-0.25, -0.2) is 0 Å². The van der Waals surface area contributed by atoms with Crippen molar-refractivity contribution in [1.82, 2.24) is 0 Å². The zero-order valence-corrected chi connectivity index (χ0v) is 12.9. The Kier molecular flexibility index (Phi) is 86.3. The van der Waals surface area contributed by atoms with Crippen molar-refractivity contribution in [2.24, 2.45) is 11.8 Å². The average molecular weight is 264 g/mol. The van der Waals surface area contributed by atoms with Gasteiger partial charge in [-0.1, -0.05) is 27.7 Å². The Bertz CT molecular complexity index is 20.6. The van der Waals surface area contributed by atoms with Crippen molar-refractivity contribution in [2.45, 2.75) is 41.5 Å². The van der Waals surface area contributed by atoms with Gasteiger partial charge in [-0.3, -0.25) is 0 Å². The van der Waals surface area contributed by atoms with Crippen LogP contribution in [0.15, 0.2) is 0 Å². The van der Waals surface area contributed by atoms with Crippen LogP contribution in [0.4, 0.5) is 0 Å². The van der Waals surface area contributed by atoms with Crippen LogP contribution >= 0.6 is 0 Å². The molecule has 0 aromatic carbocycles. The second-order valence-electron chi connectivity index (χ2n) is 2.79. The molecule has 0 unspecified atom stereocenters. The fourth-order valence-electron chi connectivity index (χ4n) is 0. The number of hydrogen-bond acceptors (Lipinski definition) is 0. The molecule has 0 heterocycles. The summed E-state index contributed by atoms with van der Waals surface area (Å²) < 4.78 is 0. The second kappa shape index (κ2) is 38.4. The molecule has 0 spiro atoms. The molecule has 0 bridgehead atoms. The third kappa shape index (κ3) is 1960. The predicted octanol–water partition coefficient (Wildman–Crippen LogP) is 4.63. The zero-order valence-electron chi connectivity index (χ0n) is 10.5. The van der Waals surface area contributed by atoms with E-state index in [1.807, 2.05) is 0 Å². The van der Waals surface area contributed by atoms with E-state index in [0.29, 0.717) is 11.8 Å². The van der Waals surface area contributed by atoms with Gasteiger partial charge in [-0.15, -0.1) is 0 Å². The molecule has 0 rings (SSSR count). The molecule has 0 fully saturated rings. The molecule has 0 atom stereocenters. The molecule has 0 radical (unpaired) electrons. The van der Waals surface area contributed by atoms with Gasteiger partial charge in [-0.2, -0.15) is 25.7 Å². The van der Waals surface area contributed by atoms with E-state index < -0.39 is 0 Å². The maximum absolute atomic E-state index is 3.64. The summed E-state index contributed by atoms with van der Waals surface area (Å²) in [7, 11) is 0. The SMILES string of the molecule is [CH2-]C.[CH2-]C.[CH2-]C(C)C.[CH2-]C(C)C.[Zr+4]. The summed E-state index contributed by atoms with van der Waals surface area (Å²) in [6, 6.07) is 0. The van der Waals surface area contributed by atoms with Gasteiger partial charge in [0.15, 0.2) is 0 Å². The van der Waals surface area contributed by atoms with Gasteiger partial charge in [0.1, 0.15) is 0 Å². The van der Waals surface area contributed by atoms with Crippen molar-refractivity contribution in [1.29, 1.82) is 0 Å². The van der Waals surface area contributed by atoms with E-state index in [2.05, 4.69) is 55.4 Å². The maximum Gasteiger partial charge on any atom is 4.00 e. The van der Waals surface area contributed by atoms with Crippen LogP contribution in [0.3, 0.4) is 0 Å². The van der Waals surface area contributed by atoms with E-state index in [9.17, 15) is 0 Å². The average Bonchev–Trinajstić information content (AvgIpc) is 1.93. The zero-order chi connectivity index (χ0) is 11.2. The molecule has 13 heavy (non-hydrogen) atoms. The van der Waals surface area contributed by atoms with E-state index in [0.717, 1.165) is 0 Å². The quantitative estimate of drug-likeness (QED) is 0.559. The van der Waals surface area contributed by atoms with Crippen LogP contribution in [0.1, 0.15) is 41.5 Å². The van der Waals surface area contributed by atoms with Gasteiger partial charge in [0.2, 0.25) is 0 Å². The Hall–Kier alpha value is 0.883. The second-order valence-corrected chi connectivity index (χ2v) is 2.79. The number of rotatable bonds is 0. The van der Waals surface area contributed by atoms with Crippen molar-refractivity contribution in [2.75, 3.05) is 0 Å². The fourth-order valence-corrected chi connectivity index (χ4v) is 0. The van der Waals surface area contributed by atoms with Crippen LogP contribution < -0.4 is 0 Å². The summed E-state index contributed by atoms with van der Waals surface area (Å²) in [5.41, 5.74) is 0. The molecule has 0 aromatic heterocycles. The third-order valence-corrected chi connectivity index (χ3v) is 0. The van der Waals surface area contributed by atoms with Gasteiger partial charge >= 0.3 is 26.2 Å². The first-order valence-corrected chi connectivity index (χ1v) is 4.54. The first-order chi connectivity index (χ1) is 5.46. The topological polar surface area (TPSA) is 0 Å². The number of hydrogen-bond donors (Lipinski definition) is 0. The molecule has 80 valence electrons. The Balaban J connectivity index is -0.0000000226. The van der Waals surface area contributed by atoms with E-state index in [1.165, 1.54) is 0 Å². The third-order valence-electron chi connectivity index (χ3n) is 0. The Labute approximate surface area is 107 Å². The molecule has 0 aliphatic heterocycles. The van der Waals surface area contributed by atoms with E-state index in [4.69, 9.17) is 0 Å². The molecule has 0 aliphatic carbocycles. The van der Waals surface area contributed by atoms with E-state index >= 15 is 0 Å². The Morgan fingerprint density at radius 1 is 0.615 bits per heavy atom. The van der Waals surface area contributed by atoms with Crippen LogP contribution in [0, 0.1) is 39.5 Å². The minimum Gasteiger partial charge on any atom is -0.346 e. The molecular formula is C12H28Zr. The Morgan fingerprint density at radius 2 is 0.615 bits per heavy atom. The van der Waals surface area contributed by atoms with Gasteiger partial charge in [-0.05, 0) is 0 Å². The first-order valence-electron chi connectivity index (χ1n) is 4.54. The normalized spacial score (nSPS) is 6.46. The molecule has 0 saturated heterocycles. The summed E-state index contributed by atoms with van der Waals surface area (Å²) in [4.78, 5) is 0. The van der Waals surface area contributed by atoms with E-state index in [1.54, 1.807) is 13.8 Å². The molecule has 0 N–H and O–H groups in total. The molecule has 1 heteroatoms. The van der Waals surface area contributed by atoms with Gasteiger partial charge in [0.05, 0.1) is 0 Å². The van der Waals surface area contributed by atoms with Crippen molar-refractivity contribution in [3.63, 3.8) is 0 Å². The van der Waals surface area contributed by atoms with Crippen LogP contribution in [-0.4, -0.2) is 0 Å². The molecule has 0 saturated carbocycles. The van der Waals surface area contributed by atoms with Crippen LogP contribution in [0.25, 0.3) is 0 Å². The maximum atomic E-state index is 3.64. The molecule has 0 nitrogen and oxygen atoms in total. The van der Waals surface area contributed by atoms with Crippen molar-refractivity contribution < 1.29 is 26.2 Å². The van der Waals surface area contributed by atoms with Crippen molar-refractivity contribution in [3.8, 4) is 0 Å². The smallest absolute Gasteiger partial charge is 0.346 e. The summed E-state index contributed by atoms with van der Waals surface area (Å²) in [5, 5.41) is 0.